The van der Waals surface area contributed by atoms with E-state index in [-0.39, 0.29) is 0 Å². The van der Waals surface area contributed by atoms with Gasteiger partial charge in [-0.15, -0.1) is 0 Å². The standard InChI is InChI=1S/C23H23N3O4/c1-14-10-16(18-4-2-3-5-20(18)25-14)13-30-17-8-6-15(7-9-17)11-23(22(24)28)12-19(23)21(27)26-29/h2-10,19,29H,11-13H2,1H3,(H2,24,28)(H,26,27)/t19-,23+/m1/s1. The molecule has 0 radical (unpaired) electrons. The number of aryl methyl sites for hydroxylation is 1. The number of hydrogen-bond acceptors (Lipinski definition) is 5. The van der Waals surface area contributed by atoms with Crippen molar-refractivity contribution >= 4 is 22.7 Å². The second-order valence-electron chi connectivity index (χ2n) is 7.80. The quantitative estimate of drug-likeness (QED) is 0.413. The maximum Gasteiger partial charge on any atom is 0.247 e. The summed E-state index contributed by atoms with van der Waals surface area (Å²) in [5.74, 6) is -1.00. The lowest BCUT2D eigenvalue weighted by Crippen LogP contribution is -2.33. The van der Waals surface area contributed by atoms with Crippen molar-refractivity contribution in [2.75, 3.05) is 0 Å². The van der Waals surface area contributed by atoms with Crippen LogP contribution >= 0.6 is 0 Å². The fourth-order valence-electron chi connectivity index (χ4n) is 4.02. The number of nitrogens with one attached hydrogen (secondary N) is 1. The van der Waals surface area contributed by atoms with Crippen LogP contribution in [0.5, 0.6) is 5.75 Å². The van der Waals surface area contributed by atoms with Crippen LogP contribution in [-0.4, -0.2) is 22.0 Å². The number of ether oxygens (including phenoxy) is 1. The van der Waals surface area contributed by atoms with Crippen molar-refractivity contribution in [2.45, 2.75) is 26.4 Å². The van der Waals surface area contributed by atoms with E-state index in [2.05, 4.69) is 4.98 Å². The molecule has 0 aliphatic heterocycles. The lowest BCUT2D eigenvalue weighted by atomic mass is 9.93. The van der Waals surface area contributed by atoms with Gasteiger partial charge >= 0.3 is 0 Å². The van der Waals surface area contributed by atoms with Crippen LogP contribution in [0.2, 0.25) is 0 Å². The number of hydroxylamine groups is 1. The van der Waals surface area contributed by atoms with E-state index in [1.165, 1.54) is 0 Å². The zero-order valence-corrected chi connectivity index (χ0v) is 16.6. The summed E-state index contributed by atoms with van der Waals surface area (Å²) < 4.78 is 5.96. The first-order valence-electron chi connectivity index (χ1n) is 9.74. The van der Waals surface area contributed by atoms with E-state index in [0.29, 0.717) is 25.2 Å². The van der Waals surface area contributed by atoms with Gasteiger partial charge in [0.25, 0.3) is 0 Å². The van der Waals surface area contributed by atoms with Gasteiger partial charge in [-0.1, -0.05) is 30.3 Å². The molecule has 7 nitrogen and oxygen atoms in total. The SMILES string of the molecule is Cc1cc(COc2ccc(C[C@]3(C(N)=O)C[C@@H]3C(=O)NO)cc2)c2ccccc2n1. The highest BCUT2D eigenvalue weighted by Gasteiger charge is 2.62. The smallest absolute Gasteiger partial charge is 0.247 e. The van der Waals surface area contributed by atoms with Crippen LogP contribution in [0.4, 0.5) is 0 Å². The summed E-state index contributed by atoms with van der Waals surface area (Å²) in [6.45, 7) is 2.37. The summed E-state index contributed by atoms with van der Waals surface area (Å²) in [5.41, 5.74) is 10.0. The van der Waals surface area contributed by atoms with Crippen molar-refractivity contribution in [1.82, 2.24) is 10.5 Å². The highest BCUT2D eigenvalue weighted by atomic mass is 16.5. The first-order valence-corrected chi connectivity index (χ1v) is 9.74. The Kier molecular flexibility index (Phi) is 5.13. The van der Waals surface area contributed by atoms with Gasteiger partial charge in [0.05, 0.1) is 16.8 Å². The fraction of sp³-hybridized carbons (Fsp3) is 0.261. The summed E-state index contributed by atoms with van der Waals surface area (Å²) in [6, 6.07) is 17.4. The molecule has 30 heavy (non-hydrogen) atoms. The van der Waals surface area contributed by atoms with Crippen molar-refractivity contribution < 1.29 is 19.5 Å². The lowest BCUT2D eigenvalue weighted by Gasteiger charge is -2.14. The molecule has 4 rings (SSSR count). The molecule has 1 fully saturated rings. The van der Waals surface area contributed by atoms with Crippen LogP contribution in [0.1, 0.15) is 23.2 Å². The van der Waals surface area contributed by atoms with E-state index in [9.17, 15) is 9.59 Å². The molecule has 4 N–H and O–H groups in total. The second-order valence-corrected chi connectivity index (χ2v) is 7.80. The third-order valence-corrected chi connectivity index (χ3v) is 5.76. The van der Waals surface area contributed by atoms with Gasteiger partial charge in [0.15, 0.2) is 0 Å². The third-order valence-electron chi connectivity index (χ3n) is 5.76. The van der Waals surface area contributed by atoms with Crippen LogP contribution in [-0.2, 0) is 22.6 Å². The number of para-hydroxylation sites is 1. The van der Waals surface area contributed by atoms with Crippen molar-refractivity contribution in [3.63, 3.8) is 0 Å². The maximum atomic E-state index is 11.9. The Labute approximate surface area is 173 Å². The number of carbonyl (C=O) groups is 2. The first kappa shape index (κ1) is 19.8. The second kappa shape index (κ2) is 7.76. The van der Waals surface area contributed by atoms with E-state index in [1.807, 2.05) is 61.5 Å². The van der Waals surface area contributed by atoms with Crippen LogP contribution in [0.3, 0.4) is 0 Å². The molecule has 1 heterocycles. The summed E-state index contributed by atoms with van der Waals surface area (Å²) in [4.78, 5) is 28.1. The number of nitrogens with zero attached hydrogens (tertiary/aromatic N) is 1. The molecule has 1 aliphatic rings. The van der Waals surface area contributed by atoms with Gasteiger partial charge in [0, 0.05) is 16.6 Å². The van der Waals surface area contributed by atoms with Gasteiger partial charge in [-0.05, 0) is 49.6 Å². The molecule has 3 aromatic rings. The van der Waals surface area contributed by atoms with Gasteiger partial charge in [0.2, 0.25) is 11.8 Å². The van der Waals surface area contributed by atoms with E-state index in [0.717, 1.165) is 27.7 Å². The van der Waals surface area contributed by atoms with Gasteiger partial charge in [-0.2, -0.15) is 0 Å². The average molecular weight is 405 g/mol. The molecule has 0 saturated heterocycles. The van der Waals surface area contributed by atoms with Crippen LogP contribution in [0.15, 0.2) is 54.6 Å². The van der Waals surface area contributed by atoms with Crippen molar-refractivity contribution in [1.29, 1.82) is 0 Å². The Hall–Kier alpha value is -3.45. The number of primary amides is 1. The van der Waals surface area contributed by atoms with Crippen molar-refractivity contribution in [3.8, 4) is 5.75 Å². The Bertz CT molecular complexity index is 1110. The summed E-state index contributed by atoms with van der Waals surface area (Å²) in [6.07, 6.45) is 0.677. The van der Waals surface area contributed by atoms with E-state index >= 15 is 0 Å². The molecule has 7 heteroatoms. The topological polar surface area (TPSA) is 115 Å². The maximum absolute atomic E-state index is 11.9. The molecule has 2 amide bonds. The predicted molar refractivity (Wildman–Crippen MR) is 111 cm³/mol. The van der Waals surface area contributed by atoms with Gasteiger partial charge in [0.1, 0.15) is 12.4 Å². The molecule has 0 spiro atoms. The van der Waals surface area contributed by atoms with Crippen LogP contribution < -0.4 is 16.0 Å². The van der Waals surface area contributed by atoms with E-state index < -0.39 is 23.1 Å². The minimum absolute atomic E-state index is 0.335. The molecule has 1 saturated carbocycles. The summed E-state index contributed by atoms with van der Waals surface area (Å²) >= 11 is 0. The number of rotatable bonds is 7. The number of hydrogen-bond donors (Lipinski definition) is 3. The van der Waals surface area contributed by atoms with Crippen molar-refractivity contribution in [2.24, 2.45) is 17.1 Å². The van der Waals surface area contributed by atoms with E-state index in [1.54, 1.807) is 5.48 Å². The Morgan fingerprint density at radius 3 is 2.67 bits per heavy atom. The lowest BCUT2D eigenvalue weighted by molar-refractivity contribution is -0.134. The zero-order valence-electron chi connectivity index (χ0n) is 16.6. The Morgan fingerprint density at radius 2 is 1.97 bits per heavy atom. The molecule has 1 aliphatic carbocycles. The first-order chi connectivity index (χ1) is 14.4. The number of aromatic nitrogens is 1. The monoisotopic (exact) mass is 405 g/mol. The fourth-order valence-corrected chi connectivity index (χ4v) is 4.02. The number of benzene rings is 2. The molecule has 0 bridgehead atoms. The van der Waals surface area contributed by atoms with Crippen molar-refractivity contribution in [3.05, 3.63) is 71.4 Å². The van der Waals surface area contributed by atoms with Crippen LogP contribution in [0.25, 0.3) is 10.9 Å². The number of fused-ring (bicyclic) bond motifs is 1. The highest BCUT2D eigenvalue weighted by molar-refractivity contribution is 5.95. The summed E-state index contributed by atoms with van der Waals surface area (Å²) in [7, 11) is 0. The molecular formula is C23H23N3O4. The molecule has 1 aromatic heterocycles. The largest absolute Gasteiger partial charge is 0.489 e. The average Bonchev–Trinajstić information content (AvgIpc) is 3.48. The highest BCUT2D eigenvalue weighted by Crippen LogP contribution is 2.54. The predicted octanol–water partition coefficient (Wildman–Crippen LogP) is 2.66. The molecule has 2 atom stereocenters. The minimum atomic E-state index is -0.942. The van der Waals surface area contributed by atoms with Gasteiger partial charge < -0.3 is 10.5 Å². The number of amides is 2. The molecule has 0 unspecified atom stereocenters. The van der Waals surface area contributed by atoms with Crippen LogP contribution in [0, 0.1) is 18.3 Å². The third kappa shape index (κ3) is 3.71. The number of pyridine rings is 1. The zero-order chi connectivity index (χ0) is 21.3. The Balaban J connectivity index is 1.45. The Morgan fingerprint density at radius 1 is 1.23 bits per heavy atom. The van der Waals surface area contributed by atoms with Gasteiger partial charge in [-0.25, -0.2) is 5.48 Å². The molecular weight excluding hydrogens is 382 g/mol. The van der Waals surface area contributed by atoms with Gasteiger partial charge in [-0.3, -0.25) is 19.8 Å². The molecule has 2 aromatic carbocycles. The summed E-state index contributed by atoms with van der Waals surface area (Å²) in [5, 5.41) is 9.89. The van der Waals surface area contributed by atoms with E-state index in [4.69, 9.17) is 15.7 Å². The minimum Gasteiger partial charge on any atom is -0.489 e. The number of carbonyl (C=O) groups excluding carboxylic acids is 2. The normalized spacial score (nSPS) is 20.0. The number of nitrogens with two attached hydrogens (primary N) is 1. The molecule has 154 valence electrons.